The number of carbonyl (C=O) groups excluding carboxylic acids is 1. The molecule has 0 spiro atoms. The van der Waals surface area contributed by atoms with Crippen molar-refractivity contribution in [3.63, 3.8) is 0 Å². The van der Waals surface area contributed by atoms with E-state index in [0.717, 1.165) is 11.1 Å². The lowest BCUT2D eigenvalue weighted by Gasteiger charge is -2.11. The van der Waals surface area contributed by atoms with Crippen molar-refractivity contribution in [3.8, 4) is 0 Å². The van der Waals surface area contributed by atoms with E-state index in [1.807, 2.05) is 60.7 Å². The van der Waals surface area contributed by atoms with Crippen LogP contribution >= 0.6 is 0 Å². The number of nitrogens with two attached hydrogens (primary N) is 1. The Labute approximate surface area is 119 Å². The van der Waals surface area contributed by atoms with Gasteiger partial charge in [-0.2, -0.15) is 0 Å². The van der Waals surface area contributed by atoms with Crippen LogP contribution in [0.1, 0.15) is 11.1 Å². The van der Waals surface area contributed by atoms with Crippen molar-refractivity contribution in [2.45, 2.75) is 18.9 Å². The Hall–Kier alpha value is -2.13. The summed E-state index contributed by atoms with van der Waals surface area (Å²) in [6.45, 7) is 0.366. The zero-order chi connectivity index (χ0) is 14.2. The normalized spacial score (nSPS) is 11.8. The van der Waals surface area contributed by atoms with Crippen molar-refractivity contribution < 1.29 is 9.53 Å². The molecule has 1 unspecified atom stereocenters. The van der Waals surface area contributed by atoms with Crippen LogP contribution in [0.25, 0.3) is 0 Å². The summed E-state index contributed by atoms with van der Waals surface area (Å²) in [5.41, 5.74) is 8.05. The van der Waals surface area contributed by atoms with Gasteiger partial charge in [0.15, 0.2) is 0 Å². The molecule has 0 aliphatic heterocycles. The average Bonchev–Trinajstić information content (AvgIpc) is 2.49. The zero-order valence-corrected chi connectivity index (χ0v) is 11.4. The molecule has 0 bridgehead atoms. The van der Waals surface area contributed by atoms with Crippen LogP contribution < -0.4 is 5.73 Å². The Kier molecular flexibility index (Phi) is 5.33. The molecular formula is C17H19NO2. The second-order valence-electron chi connectivity index (χ2n) is 4.70. The number of ether oxygens (including phenoxy) is 1. The number of benzene rings is 2. The highest BCUT2D eigenvalue weighted by Crippen LogP contribution is 2.04. The molecule has 3 heteroatoms. The van der Waals surface area contributed by atoms with E-state index in [0.29, 0.717) is 19.4 Å². The van der Waals surface area contributed by atoms with E-state index in [9.17, 15) is 4.79 Å². The fourth-order valence-corrected chi connectivity index (χ4v) is 1.97. The van der Waals surface area contributed by atoms with E-state index < -0.39 is 6.04 Å². The van der Waals surface area contributed by atoms with Crippen molar-refractivity contribution in [2.75, 3.05) is 6.61 Å². The van der Waals surface area contributed by atoms with E-state index in [4.69, 9.17) is 10.5 Å². The van der Waals surface area contributed by atoms with Gasteiger partial charge in [-0.15, -0.1) is 0 Å². The predicted octanol–water partition coefficient (Wildman–Crippen LogP) is 2.34. The number of hydrogen-bond acceptors (Lipinski definition) is 3. The minimum Gasteiger partial charge on any atom is -0.464 e. The van der Waals surface area contributed by atoms with E-state index in [1.54, 1.807) is 0 Å². The summed E-state index contributed by atoms with van der Waals surface area (Å²) >= 11 is 0. The molecule has 0 heterocycles. The van der Waals surface area contributed by atoms with Crippen molar-refractivity contribution in [1.29, 1.82) is 0 Å². The SMILES string of the molecule is NC(Cc1ccccc1)C(=O)OCCc1ccccc1. The maximum Gasteiger partial charge on any atom is 0.323 e. The minimum absolute atomic E-state index is 0.343. The van der Waals surface area contributed by atoms with Gasteiger partial charge in [-0.25, -0.2) is 0 Å². The number of carbonyl (C=O) groups is 1. The fraction of sp³-hybridized carbons (Fsp3) is 0.235. The number of rotatable bonds is 6. The van der Waals surface area contributed by atoms with Gasteiger partial charge in [0.05, 0.1) is 6.61 Å². The van der Waals surface area contributed by atoms with Crippen molar-refractivity contribution in [3.05, 3.63) is 71.8 Å². The highest BCUT2D eigenvalue weighted by molar-refractivity contribution is 5.75. The highest BCUT2D eigenvalue weighted by atomic mass is 16.5. The average molecular weight is 269 g/mol. The highest BCUT2D eigenvalue weighted by Gasteiger charge is 2.15. The molecule has 20 heavy (non-hydrogen) atoms. The summed E-state index contributed by atoms with van der Waals surface area (Å²) in [4.78, 5) is 11.8. The van der Waals surface area contributed by atoms with Crippen molar-refractivity contribution in [2.24, 2.45) is 5.73 Å². The van der Waals surface area contributed by atoms with E-state index >= 15 is 0 Å². The molecule has 2 rings (SSSR count). The third-order valence-electron chi connectivity index (χ3n) is 3.08. The monoisotopic (exact) mass is 269 g/mol. The first-order chi connectivity index (χ1) is 9.75. The number of hydrogen-bond donors (Lipinski definition) is 1. The molecule has 1 atom stereocenters. The van der Waals surface area contributed by atoms with Crippen LogP contribution in [-0.4, -0.2) is 18.6 Å². The van der Waals surface area contributed by atoms with E-state index in [2.05, 4.69) is 0 Å². The molecule has 0 saturated heterocycles. The molecule has 2 aromatic rings. The second-order valence-corrected chi connectivity index (χ2v) is 4.70. The second kappa shape index (κ2) is 7.46. The van der Waals surface area contributed by atoms with Gasteiger partial charge in [-0.05, 0) is 17.5 Å². The molecule has 3 nitrogen and oxygen atoms in total. The number of esters is 1. The maximum atomic E-state index is 11.8. The molecule has 0 radical (unpaired) electrons. The quantitative estimate of drug-likeness (QED) is 0.819. The lowest BCUT2D eigenvalue weighted by atomic mass is 10.1. The van der Waals surface area contributed by atoms with Gasteiger partial charge in [0.2, 0.25) is 0 Å². The van der Waals surface area contributed by atoms with Gasteiger partial charge in [0.25, 0.3) is 0 Å². The van der Waals surface area contributed by atoms with Crippen molar-refractivity contribution >= 4 is 5.97 Å². The molecule has 0 amide bonds. The summed E-state index contributed by atoms with van der Waals surface area (Å²) in [5.74, 6) is -0.343. The molecular weight excluding hydrogens is 250 g/mol. The van der Waals surface area contributed by atoms with Crippen molar-refractivity contribution in [1.82, 2.24) is 0 Å². The fourth-order valence-electron chi connectivity index (χ4n) is 1.97. The largest absolute Gasteiger partial charge is 0.464 e. The zero-order valence-electron chi connectivity index (χ0n) is 11.4. The van der Waals surface area contributed by atoms with Crippen LogP contribution in [0.3, 0.4) is 0 Å². The van der Waals surface area contributed by atoms with Crippen LogP contribution in [0.5, 0.6) is 0 Å². The van der Waals surface area contributed by atoms with Crippen LogP contribution in [-0.2, 0) is 22.4 Å². The van der Waals surface area contributed by atoms with Gasteiger partial charge in [-0.1, -0.05) is 60.7 Å². The standard InChI is InChI=1S/C17H19NO2/c18-16(13-15-9-5-2-6-10-15)17(19)20-12-11-14-7-3-1-4-8-14/h1-10,16H,11-13,18H2. The van der Waals surface area contributed by atoms with Gasteiger partial charge in [0.1, 0.15) is 6.04 Å². The van der Waals surface area contributed by atoms with E-state index in [-0.39, 0.29) is 5.97 Å². The lowest BCUT2D eigenvalue weighted by molar-refractivity contribution is -0.145. The van der Waals surface area contributed by atoms with Gasteiger partial charge in [-0.3, -0.25) is 4.79 Å². The molecule has 2 N–H and O–H groups in total. The first-order valence-electron chi connectivity index (χ1n) is 6.76. The maximum absolute atomic E-state index is 11.8. The summed E-state index contributed by atoms with van der Waals surface area (Å²) < 4.78 is 5.22. The molecule has 2 aromatic carbocycles. The Morgan fingerprint density at radius 1 is 0.950 bits per heavy atom. The molecule has 0 saturated carbocycles. The van der Waals surface area contributed by atoms with Crippen LogP contribution in [0.15, 0.2) is 60.7 Å². The minimum atomic E-state index is -0.604. The lowest BCUT2D eigenvalue weighted by Crippen LogP contribution is -2.34. The first kappa shape index (κ1) is 14.3. The summed E-state index contributed by atoms with van der Waals surface area (Å²) in [6.07, 6.45) is 1.22. The van der Waals surface area contributed by atoms with Gasteiger partial charge in [0, 0.05) is 6.42 Å². The Morgan fingerprint density at radius 2 is 1.50 bits per heavy atom. The third-order valence-corrected chi connectivity index (χ3v) is 3.08. The Balaban J connectivity index is 1.74. The molecule has 0 aliphatic rings. The summed E-state index contributed by atoms with van der Waals surface area (Å²) in [7, 11) is 0. The Morgan fingerprint density at radius 3 is 2.10 bits per heavy atom. The molecule has 0 aromatic heterocycles. The van der Waals surface area contributed by atoms with Gasteiger partial charge < -0.3 is 10.5 Å². The Bertz CT molecular complexity index is 525. The predicted molar refractivity (Wildman–Crippen MR) is 79.2 cm³/mol. The smallest absolute Gasteiger partial charge is 0.323 e. The topological polar surface area (TPSA) is 52.3 Å². The third kappa shape index (κ3) is 4.52. The van der Waals surface area contributed by atoms with Crippen LogP contribution in [0.2, 0.25) is 0 Å². The molecule has 104 valence electrons. The van der Waals surface area contributed by atoms with Crippen LogP contribution in [0.4, 0.5) is 0 Å². The summed E-state index contributed by atoms with van der Waals surface area (Å²) in [5, 5.41) is 0. The molecule has 0 fully saturated rings. The first-order valence-corrected chi connectivity index (χ1v) is 6.76. The van der Waals surface area contributed by atoms with Gasteiger partial charge >= 0.3 is 5.97 Å². The molecule has 0 aliphatic carbocycles. The van der Waals surface area contributed by atoms with E-state index in [1.165, 1.54) is 0 Å². The summed E-state index contributed by atoms with van der Waals surface area (Å²) in [6, 6.07) is 19.0. The van der Waals surface area contributed by atoms with Crippen LogP contribution in [0, 0.1) is 0 Å².